The Morgan fingerprint density at radius 2 is 2.16 bits per heavy atom. The summed E-state index contributed by atoms with van der Waals surface area (Å²) in [7, 11) is 0. The number of aryl methyl sites for hydroxylation is 1. The molecule has 5 heteroatoms. The van der Waals surface area contributed by atoms with E-state index in [1.165, 1.54) is 6.42 Å². The Hall–Kier alpha value is -1.91. The zero-order chi connectivity index (χ0) is 13.2. The third-order valence-electron chi connectivity index (χ3n) is 3.70. The summed E-state index contributed by atoms with van der Waals surface area (Å²) in [5.74, 6) is 0.978. The number of aromatic nitrogens is 3. The normalized spacial score (nSPS) is 16.7. The lowest BCUT2D eigenvalue weighted by Gasteiger charge is -2.20. The number of hydrogen-bond donors (Lipinski definition) is 1. The Balaban J connectivity index is 1.82. The number of pyridine rings is 1. The molecule has 1 N–H and O–H groups in total. The minimum Gasteiger partial charge on any atom is -0.323 e. The summed E-state index contributed by atoms with van der Waals surface area (Å²) in [5, 5.41) is 7.25. The molecule has 1 fully saturated rings. The van der Waals surface area contributed by atoms with E-state index < -0.39 is 0 Å². The molecular weight excluding hydrogens is 240 g/mol. The summed E-state index contributed by atoms with van der Waals surface area (Å²) in [4.78, 5) is 16.6. The van der Waals surface area contributed by atoms with Crippen LogP contribution in [0.3, 0.4) is 0 Å². The minimum absolute atomic E-state index is 0.119. The highest BCUT2D eigenvalue weighted by molar-refractivity contribution is 5.95. The molecule has 2 aromatic heterocycles. The van der Waals surface area contributed by atoms with Crippen LogP contribution in [-0.4, -0.2) is 20.5 Å². The molecule has 1 amide bonds. The maximum atomic E-state index is 12.2. The van der Waals surface area contributed by atoms with Crippen LogP contribution >= 0.6 is 0 Å². The Labute approximate surface area is 112 Å². The van der Waals surface area contributed by atoms with Gasteiger partial charge in [-0.2, -0.15) is 5.10 Å². The average molecular weight is 258 g/mol. The monoisotopic (exact) mass is 258 g/mol. The zero-order valence-corrected chi connectivity index (χ0v) is 11.1. The number of carbonyl (C=O) groups is 1. The van der Waals surface area contributed by atoms with Gasteiger partial charge in [0, 0.05) is 12.1 Å². The molecule has 100 valence electrons. The number of nitrogens with zero attached hydrogens (tertiary/aromatic N) is 3. The largest absolute Gasteiger partial charge is 0.323 e. The van der Waals surface area contributed by atoms with Gasteiger partial charge in [-0.1, -0.05) is 19.3 Å². The summed E-state index contributed by atoms with van der Waals surface area (Å²) in [6.45, 7) is 1.85. The van der Waals surface area contributed by atoms with Gasteiger partial charge in [0.2, 0.25) is 5.91 Å². The molecule has 3 rings (SSSR count). The average Bonchev–Trinajstić information content (AvgIpc) is 2.81. The second-order valence-electron chi connectivity index (χ2n) is 5.17. The maximum absolute atomic E-state index is 12.2. The first-order valence-electron chi connectivity index (χ1n) is 6.87. The molecule has 19 heavy (non-hydrogen) atoms. The number of amides is 1. The first-order chi connectivity index (χ1) is 9.24. The maximum Gasteiger partial charge on any atom is 0.227 e. The lowest BCUT2D eigenvalue weighted by atomic mass is 9.88. The van der Waals surface area contributed by atoms with Crippen LogP contribution in [0.1, 0.15) is 37.9 Å². The Morgan fingerprint density at radius 3 is 2.95 bits per heavy atom. The molecule has 1 saturated carbocycles. The van der Waals surface area contributed by atoms with E-state index in [9.17, 15) is 4.79 Å². The number of carbonyl (C=O) groups excluding carboxylic acids is 1. The molecule has 5 nitrogen and oxygen atoms in total. The molecule has 1 aliphatic carbocycles. The number of nitrogens with one attached hydrogen (secondary N) is 1. The van der Waals surface area contributed by atoms with Crippen LogP contribution in [0.5, 0.6) is 0 Å². The highest BCUT2D eigenvalue weighted by Gasteiger charge is 2.21. The van der Waals surface area contributed by atoms with Gasteiger partial charge < -0.3 is 5.32 Å². The molecule has 0 saturated heterocycles. The van der Waals surface area contributed by atoms with E-state index in [-0.39, 0.29) is 11.8 Å². The van der Waals surface area contributed by atoms with E-state index >= 15 is 0 Å². The van der Waals surface area contributed by atoms with Crippen molar-refractivity contribution in [2.75, 3.05) is 5.32 Å². The Kier molecular flexibility index (Phi) is 3.19. The summed E-state index contributed by atoms with van der Waals surface area (Å²) < 4.78 is 1.70. The van der Waals surface area contributed by atoms with Gasteiger partial charge in [0.25, 0.3) is 0 Å². The molecular formula is C14H18N4O. The van der Waals surface area contributed by atoms with Crippen molar-refractivity contribution in [1.82, 2.24) is 14.6 Å². The first-order valence-corrected chi connectivity index (χ1v) is 6.87. The highest BCUT2D eigenvalue weighted by Crippen LogP contribution is 2.25. The molecule has 0 radical (unpaired) electrons. The first kappa shape index (κ1) is 12.1. The van der Waals surface area contributed by atoms with Gasteiger partial charge in [-0.25, -0.2) is 9.50 Å². The predicted octanol–water partition coefficient (Wildman–Crippen LogP) is 2.56. The number of hydrogen-bond acceptors (Lipinski definition) is 3. The Bertz CT molecular complexity index is 599. The van der Waals surface area contributed by atoms with E-state index in [4.69, 9.17) is 0 Å². The smallest absolute Gasteiger partial charge is 0.227 e. The molecule has 0 bridgehead atoms. The van der Waals surface area contributed by atoms with Gasteiger partial charge in [-0.05, 0) is 31.9 Å². The Morgan fingerprint density at radius 1 is 1.37 bits per heavy atom. The van der Waals surface area contributed by atoms with Crippen molar-refractivity contribution >= 4 is 17.2 Å². The van der Waals surface area contributed by atoms with Crippen LogP contribution in [0, 0.1) is 12.8 Å². The quantitative estimate of drug-likeness (QED) is 0.900. The third-order valence-corrected chi connectivity index (χ3v) is 3.70. The van der Waals surface area contributed by atoms with Gasteiger partial charge in [0.15, 0.2) is 5.65 Å². The fraction of sp³-hybridized carbons (Fsp3) is 0.500. The van der Waals surface area contributed by atoms with Gasteiger partial charge in [-0.3, -0.25) is 4.79 Å². The number of rotatable bonds is 2. The van der Waals surface area contributed by atoms with Crippen LogP contribution in [0.4, 0.5) is 5.69 Å². The molecule has 0 aromatic carbocycles. The van der Waals surface area contributed by atoms with Crippen molar-refractivity contribution in [3.8, 4) is 0 Å². The van der Waals surface area contributed by atoms with Gasteiger partial charge in [0.1, 0.15) is 5.82 Å². The van der Waals surface area contributed by atoms with Crippen LogP contribution < -0.4 is 5.32 Å². The molecule has 2 heterocycles. The summed E-state index contributed by atoms with van der Waals surface area (Å²) >= 11 is 0. The predicted molar refractivity (Wildman–Crippen MR) is 72.9 cm³/mol. The standard InChI is InChI=1S/C14H18N4O/c1-10-15-13-12(8-5-9-18(13)17-10)16-14(19)11-6-3-2-4-7-11/h5,8-9,11H,2-4,6-7H2,1H3,(H,16,19). The second-order valence-corrected chi connectivity index (χ2v) is 5.17. The molecule has 0 aliphatic heterocycles. The van der Waals surface area contributed by atoms with E-state index in [1.807, 2.05) is 25.3 Å². The lowest BCUT2D eigenvalue weighted by molar-refractivity contribution is -0.120. The number of fused-ring (bicyclic) bond motifs is 1. The van der Waals surface area contributed by atoms with Crippen molar-refractivity contribution < 1.29 is 4.79 Å². The van der Waals surface area contributed by atoms with Crippen molar-refractivity contribution in [2.45, 2.75) is 39.0 Å². The molecule has 1 aliphatic rings. The van der Waals surface area contributed by atoms with Crippen LogP contribution in [-0.2, 0) is 4.79 Å². The van der Waals surface area contributed by atoms with E-state index in [1.54, 1.807) is 4.52 Å². The summed E-state index contributed by atoms with van der Waals surface area (Å²) in [5.41, 5.74) is 1.46. The molecule has 0 atom stereocenters. The van der Waals surface area contributed by atoms with Gasteiger partial charge >= 0.3 is 0 Å². The number of anilines is 1. The van der Waals surface area contributed by atoms with Crippen molar-refractivity contribution in [3.05, 3.63) is 24.2 Å². The lowest BCUT2D eigenvalue weighted by Crippen LogP contribution is -2.25. The van der Waals surface area contributed by atoms with Gasteiger partial charge in [0.05, 0.1) is 5.69 Å². The topological polar surface area (TPSA) is 59.3 Å². The third kappa shape index (κ3) is 2.45. The summed E-state index contributed by atoms with van der Waals surface area (Å²) in [6.07, 6.45) is 7.41. The fourth-order valence-electron chi connectivity index (χ4n) is 2.71. The zero-order valence-electron chi connectivity index (χ0n) is 11.1. The molecule has 0 spiro atoms. The van der Waals surface area contributed by atoms with Crippen molar-refractivity contribution in [2.24, 2.45) is 5.92 Å². The van der Waals surface area contributed by atoms with Crippen LogP contribution in [0.25, 0.3) is 5.65 Å². The SMILES string of the molecule is Cc1nc2c(NC(=O)C3CCCCC3)cccn2n1. The minimum atomic E-state index is 0.119. The van der Waals surface area contributed by atoms with Crippen molar-refractivity contribution in [1.29, 1.82) is 0 Å². The molecule has 2 aromatic rings. The van der Waals surface area contributed by atoms with Crippen LogP contribution in [0.15, 0.2) is 18.3 Å². The second kappa shape index (κ2) is 4.99. The van der Waals surface area contributed by atoms with Gasteiger partial charge in [-0.15, -0.1) is 0 Å². The highest BCUT2D eigenvalue weighted by atomic mass is 16.1. The van der Waals surface area contributed by atoms with E-state index in [2.05, 4.69) is 15.4 Å². The summed E-state index contributed by atoms with van der Waals surface area (Å²) in [6, 6.07) is 3.75. The fourth-order valence-corrected chi connectivity index (χ4v) is 2.71. The molecule has 0 unspecified atom stereocenters. The van der Waals surface area contributed by atoms with E-state index in [0.29, 0.717) is 11.5 Å². The van der Waals surface area contributed by atoms with Crippen LogP contribution in [0.2, 0.25) is 0 Å². The van der Waals surface area contributed by atoms with E-state index in [0.717, 1.165) is 31.4 Å². The van der Waals surface area contributed by atoms with Crippen molar-refractivity contribution in [3.63, 3.8) is 0 Å².